The number of rotatable bonds is 3. The van der Waals surface area contributed by atoms with Gasteiger partial charge in [-0.3, -0.25) is 9.59 Å². The molecular formula is C13H16N2O4. The summed E-state index contributed by atoms with van der Waals surface area (Å²) in [5.41, 5.74) is 0. The summed E-state index contributed by atoms with van der Waals surface area (Å²) >= 11 is 0. The molecule has 1 unspecified atom stereocenters. The van der Waals surface area contributed by atoms with Crippen molar-refractivity contribution in [3.63, 3.8) is 0 Å². The minimum Gasteiger partial charge on any atom is -0.486 e. The van der Waals surface area contributed by atoms with Crippen molar-refractivity contribution in [2.24, 2.45) is 0 Å². The van der Waals surface area contributed by atoms with Gasteiger partial charge in [-0.15, -0.1) is 0 Å². The maximum absolute atomic E-state index is 11.4. The lowest BCUT2D eigenvalue weighted by molar-refractivity contribution is -0.139. The third-order valence-corrected chi connectivity index (χ3v) is 2.60. The van der Waals surface area contributed by atoms with Gasteiger partial charge in [-0.25, -0.2) is 0 Å². The zero-order chi connectivity index (χ0) is 13.7. The first-order chi connectivity index (χ1) is 9.20. The van der Waals surface area contributed by atoms with E-state index >= 15 is 0 Å². The molecule has 6 heteroatoms. The average Bonchev–Trinajstić information content (AvgIpc) is 2.44. The summed E-state index contributed by atoms with van der Waals surface area (Å²) in [4.78, 5) is 22.6. The van der Waals surface area contributed by atoms with Gasteiger partial charge in [0.05, 0.1) is 6.54 Å². The van der Waals surface area contributed by atoms with Crippen LogP contribution in [-0.2, 0) is 9.59 Å². The van der Waals surface area contributed by atoms with E-state index in [1.807, 2.05) is 18.2 Å². The van der Waals surface area contributed by atoms with Crippen molar-refractivity contribution >= 4 is 11.8 Å². The Morgan fingerprint density at radius 2 is 1.89 bits per heavy atom. The average molecular weight is 264 g/mol. The number of hydrogen-bond donors (Lipinski definition) is 2. The smallest absolute Gasteiger partial charge is 0.309 e. The van der Waals surface area contributed by atoms with Crippen molar-refractivity contribution in [3.05, 3.63) is 24.3 Å². The Bertz CT molecular complexity index is 475. The molecule has 0 bridgehead atoms. The Morgan fingerprint density at radius 3 is 2.63 bits per heavy atom. The quantitative estimate of drug-likeness (QED) is 0.758. The lowest BCUT2D eigenvalue weighted by atomic mass is 10.2. The molecule has 6 nitrogen and oxygen atoms in total. The van der Waals surface area contributed by atoms with Crippen molar-refractivity contribution in [2.45, 2.75) is 13.0 Å². The normalized spacial score (nSPS) is 16.6. The summed E-state index contributed by atoms with van der Waals surface area (Å²) in [5.74, 6) is 0.0312. The first-order valence-corrected chi connectivity index (χ1v) is 6.15. The molecule has 0 aliphatic carbocycles. The van der Waals surface area contributed by atoms with E-state index in [4.69, 9.17) is 9.47 Å². The number of carbonyl (C=O) groups excluding carboxylic acids is 2. The molecule has 102 valence electrons. The van der Waals surface area contributed by atoms with Gasteiger partial charge in [0.2, 0.25) is 0 Å². The molecule has 1 aliphatic heterocycles. The Hall–Kier alpha value is -2.24. The van der Waals surface area contributed by atoms with Crippen LogP contribution in [0.5, 0.6) is 11.5 Å². The summed E-state index contributed by atoms with van der Waals surface area (Å²) in [6, 6.07) is 7.32. The number of ether oxygens (including phenoxy) is 2. The number of para-hydroxylation sites is 2. The Morgan fingerprint density at radius 1 is 1.21 bits per heavy atom. The summed E-state index contributed by atoms with van der Waals surface area (Å²) in [5, 5.41) is 4.94. The Balaban J connectivity index is 1.83. The van der Waals surface area contributed by atoms with Gasteiger partial charge in [-0.2, -0.15) is 0 Å². The van der Waals surface area contributed by atoms with Crippen molar-refractivity contribution in [3.8, 4) is 11.5 Å². The number of nitrogens with one attached hydrogen (secondary N) is 2. The van der Waals surface area contributed by atoms with Gasteiger partial charge in [-0.05, 0) is 19.1 Å². The van der Waals surface area contributed by atoms with E-state index in [0.29, 0.717) is 24.7 Å². The van der Waals surface area contributed by atoms with Crippen LogP contribution in [0.1, 0.15) is 6.92 Å². The lowest BCUT2D eigenvalue weighted by Crippen LogP contribution is -2.46. The molecule has 0 saturated heterocycles. The zero-order valence-electron chi connectivity index (χ0n) is 10.6. The number of hydrogen-bond acceptors (Lipinski definition) is 4. The number of carbonyl (C=O) groups is 2. The topological polar surface area (TPSA) is 76.7 Å². The van der Waals surface area contributed by atoms with E-state index < -0.39 is 11.8 Å². The van der Waals surface area contributed by atoms with Crippen LogP contribution in [-0.4, -0.2) is 37.6 Å². The van der Waals surface area contributed by atoms with E-state index in [2.05, 4.69) is 10.6 Å². The second-order valence-electron chi connectivity index (χ2n) is 4.07. The highest BCUT2D eigenvalue weighted by Gasteiger charge is 2.22. The van der Waals surface area contributed by atoms with E-state index in [9.17, 15) is 9.59 Å². The van der Waals surface area contributed by atoms with Crippen molar-refractivity contribution in [2.75, 3.05) is 19.7 Å². The van der Waals surface area contributed by atoms with Crippen LogP contribution < -0.4 is 20.1 Å². The molecule has 1 aromatic rings. The standard InChI is InChI=1S/C13H16N2O4/c1-2-14-12(16)13(17)15-7-9-8-18-10-5-3-4-6-11(10)19-9/h3-6,9H,2,7-8H2,1H3,(H,14,16)(H,15,17). The summed E-state index contributed by atoms with van der Waals surface area (Å²) < 4.78 is 11.2. The van der Waals surface area contributed by atoms with E-state index in [-0.39, 0.29) is 12.6 Å². The third-order valence-electron chi connectivity index (χ3n) is 2.60. The van der Waals surface area contributed by atoms with Crippen LogP contribution in [0.4, 0.5) is 0 Å². The van der Waals surface area contributed by atoms with Gasteiger partial charge in [-0.1, -0.05) is 12.1 Å². The molecule has 0 aromatic heterocycles. The second-order valence-corrected chi connectivity index (χ2v) is 4.07. The molecule has 0 fully saturated rings. The van der Waals surface area contributed by atoms with Gasteiger partial charge in [0.15, 0.2) is 11.5 Å². The molecule has 1 atom stereocenters. The highest BCUT2D eigenvalue weighted by atomic mass is 16.6. The highest BCUT2D eigenvalue weighted by molar-refractivity contribution is 6.35. The summed E-state index contributed by atoms with van der Waals surface area (Å²) in [7, 11) is 0. The van der Waals surface area contributed by atoms with Gasteiger partial charge in [0.25, 0.3) is 0 Å². The zero-order valence-corrected chi connectivity index (χ0v) is 10.6. The first-order valence-electron chi connectivity index (χ1n) is 6.15. The predicted molar refractivity (Wildman–Crippen MR) is 68.0 cm³/mol. The van der Waals surface area contributed by atoms with Crippen LogP contribution in [0.3, 0.4) is 0 Å². The SMILES string of the molecule is CCNC(=O)C(=O)NCC1COc2ccccc2O1. The molecule has 2 N–H and O–H groups in total. The van der Waals surface area contributed by atoms with Crippen LogP contribution in [0.25, 0.3) is 0 Å². The minimum absolute atomic E-state index is 0.226. The molecule has 0 saturated carbocycles. The fraction of sp³-hybridized carbons (Fsp3) is 0.385. The van der Waals surface area contributed by atoms with Crippen LogP contribution in [0.15, 0.2) is 24.3 Å². The number of fused-ring (bicyclic) bond motifs is 1. The number of amides is 2. The molecule has 0 radical (unpaired) electrons. The van der Waals surface area contributed by atoms with Gasteiger partial charge < -0.3 is 20.1 Å². The van der Waals surface area contributed by atoms with Crippen molar-refractivity contribution in [1.82, 2.24) is 10.6 Å². The van der Waals surface area contributed by atoms with Crippen molar-refractivity contribution < 1.29 is 19.1 Å². The fourth-order valence-corrected chi connectivity index (χ4v) is 1.69. The van der Waals surface area contributed by atoms with Gasteiger partial charge in [0.1, 0.15) is 12.7 Å². The van der Waals surface area contributed by atoms with Gasteiger partial charge >= 0.3 is 11.8 Å². The first kappa shape index (κ1) is 13.2. The third kappa shape index (κ3) is 3.37. The fourth-order valence-electron chi connectivity index (χ4n) is 1.69. The van der Waals surface area contributed by atoms with Gasteiger partial charge in [0, 0.05) is 6.54 Å². The Kier molecular flexibility index (Phi) is 4.22. The van der Waals surface area contributed by atoms with Crippen LogP contribution in [0, 0.1) is 0 Å². The number of likely N-dealkylation sites (N-methyl/N-ethyl adjacent to an activating group) is 1. The maximum Gasteiger partial charge on any atom is 0.309 e. The Labute approximate surface area is 111 Å². The summed E-state index contributed by atoms with van der Waals surface area (Å²) in [6.45, 7) is 2.74. The molecule has 2 rings (SSSR count). The molecule has 2 amide bonds. The van der Waals surface area contributed by atoms with Crippen LogP contribution in [0.2, 0.25) is 0 Å². The predicted octanol–water partition coefficient (Wildman–Crippen LogP) is 0.0787. The minimum atomic E-state index is -0.663. The molecule has 1 heterocycles. The summed E-state index contributed by atoms with van der Waals surface area (Å²) in [6.07, 6.45) is -0.298. The van der Waals surface area contributed by atoms with Crippen molar-refractivity contribution in [1.29, 1.82) is 0 Å². The second kappa shape index (κ2) is 6.08. The largest absolute Gasteiger partial charge is 0.486 e. The van der Waals surface area contributed by atoms with E-state index in [1.165, 1.54) is 0 Å². The van der Waals surface area contributed by atoms with Crippen LogP contribution >= 0.6 is 0 Å². The van der Waals surface area contributed by atoms with E-state index in [1.54, 1.807) is 13.0 Å². The van der Waals surface area contributed by atoms with E-state index in [0.717, 1.165) is 0 Å². The monoisotopic (exact) mass is 264 g/mol. The number of benzene rings is 1. The molecule has 0 spiro atoms. The molecular weight excluding hydrogens is 248 g/mol. The maximum atomic E-state index is 11.4. The molecule has 19 heavy (non-hydrogen) atoms. The highest BCUT2D eigenvalue weighted by Crippen LogP contribution is 2.30. The molecule has 1 aliphatic rings. The lowest BCUT2D eigenvalue weighted by Gasteiger charge is -2.26. The molecule has 1 aromatic carbocycles.